The first-order valence-corrected chi connectivity index (χ1v) is 11.0. The summed E-state index contributed by atoms with van der Waals surface area (Å²) in [6.45, 7) is -2.21. The van der Waals surface area contributed by atoms with Crippen molar-refractivity contribution in [2.75, 3.05) is 26.9 Å². The fourth-order valence-electron chi connectivity index (χ4n) is 4.21. The third-order valence-corrected chi connectivity index (χ3v) is 6.31. The lowest BCUT2D eigenvalue weighted by molar-refractivity contribution is -0.388. The molecule has 0 aliphatic carbocycles. The molecule has 3 aliphatic heterocycles. The summed E-state index contributed by atoms with van der Waals surface area (Å²) in [5.41, 5.74) is 0. The molecule has 10 N–H and O–H groups in total. The van der Waals surface area contributed by atoms with Crippen LogP contribution in [0.4, 0.5) is 0 Å². The van der Waals surface area contributed by atoms with Crippen molar-refractivity contribution in [1.82, 2.24) is 0 Å². The Kier molecular flexibility index (Phi) is 10.1. The summed E-state index contributed by atoms with van der Waals surface area (Å²) >= 11 is 0. The second-order valence-electron chi connectivity index (χ2n) is 8.55. The number of hydrogen-bond donors (Lipinski definition) is 10. The standard InChI is InChI=1S/C19H34O16/c1-30-17-14(29)15(10(25)7(4-22)31-17)34-19-16(12(27)9(24)6(3-21)33-19)35-18-13(28)11(26)8(23)5(2-20)32-18/h5-29H,2-4H2,1H3/t5-,6+,7+,8+,9-,10-,11+,12-,13-,14+,15-,16+,17+,18-,19-/m0/s1. The van der Waals surface area contributed by atoms with Crippen molar-refractivity contribution in [3.63, 3.8) is 0 Å². The lowest BCUT2D eigenvalue weighted by atomic mass is 9.96. The maximum atomic E-state index is 10.7. The highest BCUT2D eigenvalue weighted by atomic mass is 16.8. The summed E-state index contributed by atoms with van der Waals surface area (Å²) in [5.74, 6) is 0. The molecule has 3 rings (SSSR count). The number of ether oxygens (including phenoxy) is 6. The molecule has 3 fully saturated rings. The first-order valence-electron chi connectivity index (χ1n) is 11.0. The van der Waals surface area contributed by atoms with E-state index in [0.29, 0.717) is 0 Å². The molecule has 0 aromatic rings. The van der Waals surface area contributed by atoms with E-state index < -0.39 is 112 Å². The van der Waals surface area contributed by atoms with Crippen molar-refractivity contribution < 1.29 is 79.5 Å². The molecule has 15 atom stereocenters. The Balaban J connectivity index is 1.85. The van der Waals surface area contributed by atoms with Gasteiger partial charge < -0.3 is 79.5 Å². The molecule has 0 aromatic carbocycles. The van der Waals surface area contributed by atoms with E-state index in [-0.39, 0.29) is 0 Å². The Labute approximate surface area is 199 Å². The molecule has 16 heteroatoms. The van der Waals surface area contributed by atoms with E-state index in [4.69, 9.17) is 28.4 Å². The lowest BCUT2D eigenvalue weighted by Crippen LogP contribution is -2.67. The molecule has 3 heterocycles. The molecule has 0 spiro atoms. The van der Waals surface area contributed by atoms with Crippen molar-refractivity contribution in [1.29, 1.82) is 0 Å². The summed E-state index contributed by atoms with van der Waals surface area (Å²) in [5, 5.41) is 101. The molecular formula is C19H34O16. The van der Waals surface area contributed by atoms with Gasteiger partial charge in [0.05, 0.1) is 19.8 Å². The van der Waals surface area contributed by atoms with Gasteiger partial charge in [0, 0.05) is 7.11 Å². The van der Waals surface area contributed by atoms with Gasteiger partial charge in [-0.1, -0.05) is 0 Å². The Bertz CT molecular complexity index is 638. The molecule has 206 valence electrons. The van der Waals surface area contributed by atoms with Crippen LogP contribution in [0, 0.1) is 0 Å². The Hall–Kier alpha value is -0.640. The van der Waals surface area contributed by atoms with Crippen LogP contribution in [0.15, 0.2) is 0 Å². The van der Waals surface area contributed by atoms with E-state index >= 15 is 0 Å². The van der Waals surface area contributed by atoms with Crippen LogP contribution in [0.1, 0.15) is 0 Å². The van der Waals surface area contributed by atoms with Gasteiger partial charge in [0.15, 0.2) is 18.9 Å². The second kappa shape index (κ2) is 12.3. The number of aliphatic hydroxyl groups is 10. The third kappa shape index (κ3) is 5.78. The zero-order valence-corrected chi connectivity index (χ0v) is 18.7. The predicted octanol–water partition coefficient (Wildman–Crippen LogP) is -6.92. The summed E-state index contributed by atoms with van der Waals surface area (Å²) in [4.78, 5) is 0. The predicted molar refractivity (Wildman–Crippen MR) is 106 cm³/mol. The van der Waals surface area contributed by atoms with Gasteiger partial charge >= 0.3 is 0 Å². The summed E-state index contributed by atoms with van der Waals surface area (Å²) in [6.07, 6.45) is -24.3. The van der Waals surface area contributed by atoms with Gasteiger partial charge in [0.25, 0.3) is 0 Å². The van der Waals surface area contributed by atoms with Crippen LogP contribution >= 0.6 is 0 Å². The number of rotatable bonds is 8. The van der Waals surface area contributed by atoms with Crippen LogP contribution in [0.25, 0.3) is 0 Å². The summed E-state index contributed by atoms with van der Waals surface area (Å²) in [7, 11) is 1.20. The van der Waals surface area contributed by atoms with E-state index in [1.54, 1.807) is 0 Å². The maximum Gasteiger partial charge on any atom is 0.187 e. The normalized spacial score (nSPS) is 51.3. The minimum Gasteiger partial charge on any atom is -0.394 e. The second-order valence-corrected chi connectivity index (χ2v) is 8.55. The number of aliphatic hydroxyl groups excluding tert-OH is 10. The van der Waals surface area contributed by atoms with Crippen LogP contribution in [0.3, 0.4) is 0 Å². The highest BCUT2D eigenvalue weighted by Gasteiger charge is 2.54. The van der Waals surface area contributed by atoms with E-state index in [0.717, 1.165) is 0 Å². The van der Waals surface area contributed by atoms with Crippen LogP contribution in [0.5, 0.6) is 0 Å². The highest BCUT2D eigenvalue weighted by molar-refractivity contribution is 4.96. The van der Waals surface area contributed by atoms with E-state index in [2.05, 4.69) is 0 Å². The Morgan fingerprint density at radius 2 is 0.943 bits per heavy atom. The van der Waals surface area contributed by atoms with Crippen molar-refractivity contribution in [3.05, 3.63) is 0 Å². The van der Waals surface area contributed by atoms with Gasteiger partial charge in [0.2, 0.25) is 0 Å². The van der Waals surface area contributed by atoms with Gasteiger partial charge in [-0.05, 0) is 0 Å². The molecule has 0 aromatic heterocycles. The first kappa shape index (κ1) is 28.9. The average molecular weight is 518 g/mol. The van der Waals surface area contributed by atoms with Gasteiger partial charge in [-0.2, -0.15) is 0 Å². The zero-order valence-electron chi connectivity index (χ0n) is 18.7. The van der Waals surface area contributed by atoms with Crippen LogP contribution < -0.4 is 0 Å². The number of methoxy groups -OCH3 is 1. The summed E-state index contributed by atoms with van der Waals surface area (Å²) < 4.78 is 32.2. The highest BCUT2D eigenvalue weighted by Crippen LogP contribution is 2.33. The van der Waals surface area contributed by atoms with Crippen LogP contribution in [0.2, 0.25) is 0 Å². The van der Waals surface area contributed by atoms with Crippen molar-refractivity contribution in [2.24, 2.45) is 0 Å². The third-order valence-electron chi connectivity index (χ3n) is 6.31. The van der Waals surface area contributed by atoms with Gasteiger partial charge in [0.1, 0.15) is 73.2 Å². The first-order chi connectivity index (χ1) is 16.6. The fraction of sp³-hybridized carbons (Fsp3) is 1.00. The van der Waals surface area contributed by atoms with Crippen molar-refractivity contribution in [2.45, 2.75) is 92.1 Å². The van der Waals surface area contributed by atoms with E-state index in [1.165, 1.54) is 7.11 Å². The topological polar surface area (TPSA) is 258 Å². The monoisotopic (exact) mass is 518 g/mol. The Morgan fingerprint density at radius 1 is 0.486 bits per heavy atom. The van der Waals surface area contributed by atoms with Crippen LogP contribution in [-0.4, -0.2) is 170 Å². The van der Waals surface area contributed by atoms with Crippen LogP contribution in [-0.2, 0) is 28.4 Å². The van der Waals surface area contributed by atoms with Gasteiger partial charge in [-0.3, -0.25) is 0 Å². The van der Waals surface area contributed by atoms with Crippen molar-refractivity contribution >= 4 is 0 Å². The molecule has 0 radical (unpaired) electrons. The Morgan fingerprint density at radius 3 is 1.49 bits per heavy atom. The minimum absolute atomic E-state index is 0.676. The average Bonchev–Trinajstić information content (AvgIpc) is 2.85. The quantitative estimate of drug-likeness (QED) is 0.143. The SMILES string of the molecule is CO[C@@H]1O[C@H](CO)[C@H](O)[C@H](O[C@@H]2O[C@H](CO)[C@H](O)[C@H](O)[C@H]2O[C@@H]2O[C@@H](CO)[C@@H](O)[C@@H](O)[C@@H]2O)[C@H]1O. The molecule has 0 saturated carbocycles. The lowest BCUT2D eigenvalue weighted by Gasteiger charge is -2.48. The van der Waals surface area contributed by atoms with Gasteiger partial charge in [-0.25, -0.2) is 0 Å². The summed E-state index contributed by atoms with van der Waals surface area (Å²) in [6, 6.07) is 0. The van der Waals surface area contributed by atoms with Gasteiger partial charge in [-0.15, -0.1) is 0 Å². The maximum absolute atomic E-state index is 10.7. The van der Waals surface area contributed by atoms with E-state index in [9.17, 15) is 51.1 Å². The molecular weight excluding hydrogens is 484 g/mol. The molecule has 0 amide bonds. The fourth-order valence-corrected chi connectivity index (χ4v) is 4.21. The molecule has 0 unspecified atom stereocenters. The van der Waals surface area contributed by atoms with Crippen molar-refractivity contribution in [3.8, 4) is 0 Å². The van der Waals surface area contributed by atoms with E-state index in [1.807, 2.05) is 0 Å². The molecule has 3 aliphatic rings. The molecule has 16 nitrogen and oxygen atoms in total. The molecule has 3 saturated heterocycles. The largest absolute Gasteiger partial charge is 0.394 e. The minimum atomic E-state index is -1.87. The smallest absolute Gasteiger partial charge is 0.187 e. The number of hydrogen-bond acceptors (Lipinski definition) is 16. The molecule has 35 heavy (non-hydrogen) atoms. The zero-order chi connectivity index (χ0) is 26.0. The molecule has 0 bridgehead atoms.